The summed E-state index contributed by atoms with van der Waals surface area (Å²) in [5, 5.41) is 31.1. The molecular formula is C22H18N8O3. The van der Waals surface area contributed by atoms with Gasteiger partial charge in [0.1, 0.15) is 5.75 Å². The van der Waals surface area contributed by atoms with E-state index in [1.54, 1.807) is 0 Å². The van der Waals surface area contributed by atoms with E-state index in [2.05, 4.69) is 36.1 Å². The molecule has 164 valence electrons. The number of phenols is 1. The van der Waals surface area contributed by atoms with Crippen molar-refractivity contribution >= 4 is 41.1 Å². The zero-order valence-electron chi connectivity index (χ0n) is 17.1. The van der Waals surface area contributed by atoms with Gasteiger partial charge in [0.15, 0.2) is 0 Å². The number of hydrazone groups is 1. The smallest absolute Gasteiger partial charge is 0.270 e. The molecule has 3 aromatic carbocycles. The van der Waals surface area contributed by atoms with Crippen LogP contribution in [0.3, 0.4) is 0 Å². The summed E-state index contributed by atoms with van der Waals surface area (Å²) in [6.07, 6.45) is 1.24. The molecule has 33 heavy (non-hydrogen) atoms. The Kier molecular flexibility index (Phi) is 6.31. The third kappa shape index (κ3) is 5.76. The Hall–Kier alpha value is -5.06. The molecule has 4 rings (SSSR count). The fraction of sp³-hybridized carbons (Fsp3) is 0. The Labute approximate surface area is 188 Å². The summed E-state index contributed by atoms with van der Waals surface area (Å²) in [6.45, 7) is 0. The van der Waals surface area contributed by atoms with Crippen molar-refractivity contribution in [2.45, 2.75) is 0 Å². The number of hydrogen-bond acceptors (Lipinski definition) is 10. The average molecular weight is 442 g/mol. The molecule has 0 aliphatic rings. The Morgan fingerprint density at radius 1 is 0.818 bits per heavy atom. The maximum absolute atomic E-state index is 11.0. The predicted molar refractivity (Wildman–Crippen MR) is 125 cm³/mol. The van der Waals surface area contributed by atoms with Crippen LogP contribution in [0.5, 0.6) is 5.75 Å². The third-order valence-corrected chi connectivity index (χ3v) is 4.29. The van der Waals surface area contributed by atoms with Crippen LogP contribution >= 0.6 is 0 Å². The molecule has 11 heteroatoms. The molecule has 0 fully saturated rings. The van der Waals surface area contributed by atoms with Crippen LogP contribution in [-0.2, 0) is 0 Å². The molecule has 0 bridgehead atoms. The minimum atomic E-state index is -0.556. The molecular weight excluding hydrogens is 424 g/mol. The van der Waals surface area contributed by atoms with Crippen molar-refractivity contribution in [3.05, 3.63) is 94.5 Å². The van der Waals surface area contributed by atoms with E-state index < -0.39 is 4.92 Å². The SMILES string of the molecule is O=[N+]([O-])c1ccc(O)c(/C=N/Nc2nc(Nc3ccccc3)nc(Nc3ccccc3)n2)c1. The minimum absolute atomic E-state index is 0.114. The second-order valence-electron chi connectivity index (χ2n) is 6.66. The number of phenolic OH excluding ortho intramolecular Hbond substituents is 1. The highest BCUT2D eigenvalue weighted by molar-refractivity contribution is 5.84. The van der Waals surface area contributed by atoms with Gasteiger partial charge in [-0.25, -0.2) is 5.43 Å². The van der Waals surface area contributed by atoms with E-state index in [4.69, 9.17) is 0 Å². The quantitative estimate of drug-likeness (QED) is 0.177. The minimum Gasteiger partial charge on any atom is -0.507 e. The largest absolute Gasteiger partial charge is 0.507 e. The molecule has 1 aromatic heterocycles. The molecule has 11 nitrogen and oxygen atoms in total. The molecule has 4 N–H and O–H groups in total. The lowest BCUT2D eigenvalue weighted by Gasteiger charge is -2.10. The number of nitrogens with one attached hydrogen (secondary N) is 3. The van der Waals surface area contributed by atoms with Gasteiger partial charge >= 0.3 is 0 Å². The van der Waals surface area contributed by atoms with Gasteiger partial charge in [-0.3, -0.25) is 10.1 Å². The summed E-state index contributed by atoms with van der Waals surface area (Å²) < 4.78 is 0. The number of hydrogen-bond donors (Lipinski definition) is 4. The first kappa shape index (κ1) is 21.2. The van der Waals surface area contributed by atoms with E-state index in [0.29, 0.717) is 0 Å². The number of nitro groups is 1. The number of aromatic nitrogens is 3. The first-order valence-corrected chi connectivity index (χ1v) is 9.73. The van der Waals surface area contributed by atoms with Crippen LogP contribution in [0, 0.1) is 10.1 Å². The van der Waals surface area contributed by atoms with Crippen molar-refractivity contribution in [3.8, 4) is 5.75 Å². The monoisotopic (exact) mass is 442 g/mol. The number of aromatic hydroxyl groups is 1. The molecule has 0 atom stereocenters. The molecule has 0 saturated heterocycles. The lowest BCUT2D eigenvalue weighted by Crippen LogP contribution is -2.07. The van der Waals surface area contributed by atoms with Gasteiger partial charge in [-0.15, -0.1) is 0 Å². The number of benzene rings is 3. The number of nitrogens with zero attached hydrogens (tertiary/aromatic N) is 5. The van der Waals surface area contributed by atoms with Gasteiger partial charge in [0.25, 0.3) is 5.69 Å². The molecule has 0 unspecified atom stereocenters. The summed E-state index contributed by atoms with van der Waals surface area (Å²) in [4.78, 5) is 23.4. The first-order valence-electron chi connectivity index (χ1n) is 9.73. The van der Waals surface area contributed by atoms with Crippen molar-refractivity contribution in [1.29, 1.82) is 0 Å². The summed E-state index contributed by atoms with van der Waals surface area (Å²) in [5.41, 5.74) is 4.23. The average Bonchev–Trinajstić information content (AvgIpc) is 2.81. The van der Waals surface area contributed by atoms with Gasteiger partial charge in [-0.05, 0) is 30.3 Å². The summed E-state index contributed by atoms with van der Waals surface area (Å²) in [5.74, 6) is 0.499. The summed E-state index contributed by atoms with van der Waals surface area (Å²) >= 11 is 0. The zero-order chi connectivity index (χ0) is 23.0. The molecule has 0 aliphatic carbocycles. The topological polar surface area (TPSA) is 150 Å². The van der Waals surface area contributed by atoms with E-state index in [-0.39, 0.29) is 34.8 Å². The van der Waals surface area contributed by atoms with Gasteiger partial charge in [0, 0.05) is 29.1 Å². The molecule has 1 heterocycles. The summed E-state index contributed by atoms with van der Waals surface area (Å²) in [7, 11) is 0. The van der Waals surface area contributed by atoms with Crippen LogP contribution in [0.1, 0.15) is 5.56 Å². The Balaban J connectivity index is 1.59. The lowest BCUT2D eigenvalue weighted by atomic mass is 10.2. The van der Waals surface area contributed by atoms with Gasteiger partial charge in [-0.2, -0.15) is 20.1 Å². The molecule has 4 aromatic rings. The molecule has 0 aliphatic heterocycles. The molecule has 0 amide bonds. The van der Waals surface area contributed by atoms with Gasteiger partial charge in [-0.1, -0.05) is 36.4 Å². The predicted octanol–water partition coefficient (Wildman–Crippen LogP) is 4.42. The molecule has 0 radical (unpaired) electrons. The number of non-ortho nitro benzene ring substituents is 1. The fourth-order valence-corrected chi connectivity index (χ4v) is 2.76. The van der Waals surface area contributed by atoms with Crippen LogP contribution < -0.4 is 16.1 Å². The van der Waals surface area contributed by atoms with E-state index in [0.717, 1.165) is 11.4 Å². The molecule has 0 saturated carbocycles. The van der Waals surface area contributed by atoms with Gasteiger partial charge in [0.2, 0.25) is 17.8 Å². The highest BCUT2D eigenvalue weighted by atomic mass is 16.6. The molecule has 0 spiro atoms. The lowest BCUT2D eigenvalue weighted by molar-refractivity contribution is -0.384. The maximum atomic E-state index is 11.0. The first-order chi connectivity index (χ1) is 16.1. The van der Waals surface area contributed by atoms with Crippen molar-refractivity contribution in [1.82, 2.24) is 15.0 Å². The number of rotatable bonds is 8. The third-order valence-electron chi connectivity index (χ3n) is 4.29. The van der Waals surface area contributed by atoms with Gasteiger partial charge in [0.05, 0.1) is 11.1 Å². The normalized spacial score (nSPS) is 10.7. The Morgan fingerprint density at radius 2 is 1.36 bits per heavy atom. The van der Waals surface area contributed by atoms with E-state index in [1.165, 1.54) is 24.4 Å². The van der Waals surface area contributed by atoms with Crippen LogP contribution in [-0.4, -0.2) is 31.2 Å². The van der Waals surface area contributed by atoms with Crippen molar-refractivity contribution in [3.63, 3.8) is 0 Å². The van der Waals surface area contributed by atoms with Crippen molar-refractivity contribution < 1.29 is 10.0 Å². The Morgan fingerprint density at radius 3 is 1.91 bits per heavy atom. The van der Waals surface area contributed by atoms with E-state index in [9.17, 15) is 15.2 Å². The number of nitro benzene ring substituents is 1. The van der Waals surface area contributed by atoms with Crippen LogP contribution in [0.2, 0.25) is 0 Å². The Bertz CT molecular complexity index is 1220. The standard InChI is InChI=1S/C22H18N8O3/c31-19-12-11-18(30(32)33)13-15(19)14-23-29-22-27-20(24-16-7-3-1-4-8-16)26-21(28-22)25-17-9-5-2-6-10-17/h1-14,31H,(H3,24,25,26,27,28,29)/b23-14+. The van der Waals surface area contributed by atoms with Crippen molar-refractivity contribution in [2.75, 3.05) is 16.1 Å². The second kappa shape index (κ2) is 9.83. The van der Waals surface area contributed by atoms with Crippen molar-refractivity contribution in [2.24, 2.45) is 5.10 Å². The maximum Gasteiger partial charge on any atom is 0.270 e. The second-order valence-corrected chi connectivity index (χ2v) is 6.66. The van der Waals surface area contributed by atoms with Gasteiger partial charge < -0.3 is 15.7 Å². The highest BCUT2D eigenvalue weighted by Crippen LogP contribution is 2.22. The summed E-state index contributed by atoms with van der Waals surface area (Å²) in [6, 6.07) is 22.4. The number of para-hydroxylation sites is 2. The van der Waals surface area contributed by atoms with Crippen LogP contribution in [0.4, 0.5) is 34.9 Å². The number of anilines is 5. The van der Waals surface area contributed by atoms with Crippen LogP contribution in [0.15, 0.2) is 84.0 Å². The van der Waals surface area contributed by atoms with Crippen LogP contribution in [0.25, 0.3) is 0 Å². The van der Waals surface area contributed by atoms with E-state index >= 15 is 0 Å². The zero-order valence-corrected chi connectivity index (χ0v) is 17.1. The van der Waals surface area contributed by atoms with E-state index in [1.807, 2.05) is 60.7 Å². The fourth-order valence-electron chi connectivity index (χ4n) is 2.76. The highest BCUT2D eigenvalue weighted by Gasteiger charge is 2.10.